The van der Waals surface area contributed by atoms with Crippen molar-refractivity contribution < 1.29 is 4.74 Å². The summed E-state index contributed by atoms with van der Waals surface area (Å²) in [5.74, 6) is 0.832. The molecule has 0 saturated carbocycles. The minimum atomic E-state index is 0.215. The largest absolute Gasteiger partial charge is 0.436 e. The lowest BCUT2D eigenvalue weighted by Crippen LogP contribution is -1.97. The molecule has 0 spiro atoms. The number of hydrogen-bond acceptors (Lipinski definition) is 4. The van der Waals surface area contributed by atoms with E-state index in [1.54, 1.807) is 6.07 Å². The Balaban J connectivity index is 2.40. The van der Waals surface area contributed by atoms with E-state index in [0.29, 0.717) is 11.3 Å². The zero-order valence-corrected chi connectivity index (χ0v) is 11.4. The van der Waals surface area contributed by atoms with Gasteiger partial charge in [0.25, 0.3) is 0 Å². The average Bonchev–Trinajstić information content (AvgIpc) is 2.42. The standard InChI is InChI=1S/C14H12ClN3O/c1-3-11-12(5-4-9(2)18-11)19-14-13(15)10(8-16)6-7-17-14/h4-7H,3H2,1-2H3. The van der Waals surface area contributed by atoms with Crippen LogP contribution in [0.4, 0.5) is 0 Å². The van der Waals surface area contributed by atoms with Crippen LogP contribution in [0.15, 0.2) is 24.4 Å². The van der Waals surface area contributed by atoms with Crippen LogP contribution in [-0.2, 0) is 6.42 Å². The summed E-state index contributed by atoms with van der Waals surface area (Å²) in [5.41, 5.74) is 2.10. The van der Waals surface area contributed by atoms with E-state index in [1.165, 1.54) is 6.20 Å². The highest BCUT2D eigenvalue weighted by Crippen LogP contribution is 2.30. The van der Waals surface area contributed by atoms with Crippen LogP contribution in [0, 0.1) is 18.3 Å². The number of halogens is 1. The van der Waals surface area contributed by atoms with Gasteiger partial charge in [0.2, 0.25) is 5.88 Å². The Bertz CT molecular complexity index is 650. The Morgan fingerprint density at radius 1 is 1.37 bits per heavy atom. The van der Waals surface area contributed by atoms with Gasteiger partial charge >= 0.3 is 0 Å². The molecule has 0 amide bonds. The molecular weight excluding hydrogens is 262 g/mol. The van der Waals surface area contributed by atoms with Crippen LogP contribution >= 0.6 is 11.6 Å². The van der Waals surface area contributed by atoms with E-state index in [4.69, 9.17) is 21.6 Å². The number of pyridine rings is 2. The monoisotopic (exact) mass is 273 g/mol. The van der Waals surface area contributed by atoms with Gasteiger partial charge in [-0.05, 0) is 31.5 Å². The number of nitrogens with zero attached hydrogens (tertiary/aromatic N) is 3. The van der Waals surface area contributed by atoms with Gasteiger partial charge in [-0.15, -0.1) is 0 Å². The molecule has 96 valence electrons. The van der Waals surface area contributed by atoms with Crippen LogP contribution in [0.1, 0.15) is 23.9 Å². The summed E-state index contributed by atoms with van der Waals surface area (Å²) >= 11 is 6.06. The smallest absolute Gasteiger partial charge is 0.239 e. The zero-order chi connectivity index (χ0) is 13.8. The van der Waals surface area contributed by atoms with E-state index >= 15 is 0 Å². The highest BCUT2D eigenvalue weighted by molar-refractivity contribution is 6.33. The van der Waals surface area contributed by atoms with E-state index in [1.807, 2.05) is 32.0 Å². The first-order valence-corrected chi connectivity index (χ1v) is 6.22. The van der Waals surface area contributed by atoms with Crippen molar-refractivity contribution in [1.29, 1.82) is 5.26 Å². The van der Waals surface area contributed by atoms with Crippen LogP contribution in [0.25, 0.3) is 0 Å². The van der Waals surface area contributed by atoms with Gasteiger partial charge in [-0.25, -0.2) is 4.98 Å². The fourth-order valence-electron chi connectivity index (χ4n) is 1.63. The van der Waals surface area contributed by atoms with Crippen molar-refractivity contribution in [3.8, 4) is 17.7 Å². The van der Waals surface area contributed by atoms with Crippen LogP contribution in [0.2, 0.25) is 5.02 Å². The average molecular weight is 274 g/mol. The molecule has 0 fully saturated rings. The van der Waals surface area contributed by atoms with Crippen molar-refractivity contribution in [2.45, 2.75) is 20.3 Å². The first-order valence-electron chi connectivity index (χ1n) is 5.84. The summed E-state index contributed by atoms with van der Waals surface area (Å²) in [4.78, 5) is 8.45. The fourth-order valence-corrected chi connectivity index (χ4v) is 1.82. The Morgan fingerprint density at radius 3 is 2.84 bits per heavy atom. The maximum atomic E-state index is 8.92. The molecule has 0 atom stereocenters. The number of aromatic nitrogens is 2. The molecule has 0 aromatic carbocycles. The lowest BCUT2D eigenvalue weighted by molar-refractivity contribution is 0.454. The van der Waals surface area contributed by atoms with Crippen molar-refractivity contribution in [2.75, 3.05) is 0 Å². The molecule has 0 aliphatic heterocycles. The van der Waals surface area contributed by atoms with Crippen LogP contribution in [0.3, 0.4) is 0 Å². The Kier molecular flexibility index (Phi) is 3.98. The number of aryl methyl sites for hydroxylation is 2. The predicted octanol–water partition coefficient (Wildman–Crippen LogP) is 3.66. The molecule has 0 aliphatic rings. The third-order valence-electron chi connectivity index (χ3n) is 2.59. The lowest BCUT2D eigenvalue weighted by atomic mass is 10.2. The van der Waals surface area contributed by atoms with E-state index in [9.17, 15) is 0 Å². The van der Waals surface area contributed by atoms with Gasteiger partial charge in [-0.3, -0.25) is 4.98 Å². The molecule has 4 nitrogen and oxygen atoms in total. The van der Waals surface area contributed by atoms with Crippen molar-refractivity contribution >= 4 is 11.6 Å². The molecule has 0 radical (unpaired) electrons. The first-order chi connectivity index (χ1) is 9.15. The molecule has 2 aromatic heterocycles. The molecular formula is C14H12ClN3O. The summed E-state index contributed by atoms with van der Waals surface area (Å²) in [5, 5.41) is 9.13. The SMILES string of the molecule is CCc1nc(C)ccc1Oc1nccc(C#N)c1Cl. The molecule has 0 N–H and O–H groups in total. The lowest BCUT2D eigenvalue weighted by Gasteiger charge is -2.10. The number of ether oxygens (including phenoxy) is 1. The van der Waals surface area contributed by atoms with Gasteiger partial charge < -0.3 is 4.74 Å². The summed E-state index contributed by atoms with van der Waals surface area (Å²) < 4.78 is 5.67. The number of hydrogen-bond donors (Lipinski definition) is 0. The molecule has 0 bridgehead atoms. The second-order valence-electron chi connectivity index (χ2n) is 3.94. The summed E-state index contributed by atoms with van der Waals surface area (Å²) in [6, 6.07) is 7.23. The fraction of sp³-hybridized carbons (Fsp3) is 0.214. The number of rotatable bonds is 3. The Morgan fingerprint density at radius 2 is 2.16 bits per heavy atom. The second-order valence-corrected chi connectivity index (χ2v) is 4.32. The van der Waals surface area contributed by atoms with Crippen molar-refractivity contribution in [1.82, 2.24) is 9.97 Å². The molecule has 19 heavy (non-hydrogen) atoms. The van der Waals surface area contributed by atoms with E-state index in [2.05, 4.69) is 9.97 Å². The van der Waals surface area contributed by atoms with Crippen molar-refractivity contribution in [2.24, 2.45) is 0 Å². The minimum Gasteiger partial charge on any atom is -0.436 e. The van der Waals surface area contributed by atoms with Gasteiger partial charge in [0.1, 0.15) is 11.1 Å². The summed E-state index contributed by atoms with van der Waals surface area (Å²) in [6.07, 6.45) is 2.24. The van der Waals surface area contributed by atoms with E-state index < -0.39 is 0 Å². The third-order valence-corrected chi connectivity index (χ3v) is 2.96. The third kappa shape index (κ3) is 2.83. The maximum Gasteiger partial charge on any atom is 0.239 e. The summed E-state index contributed by atoms with van der Waals surface area (Å²) in [7, 11) is 0. The zero-order valence-electron chi connectivity index (χ0n) is 10.6. The van der Waals surface area contributed by atoms with Gasteiger partial charge in [-0.1, -0.05) is 18.5 Å². The molecule has 0 aliphatic carbocycles. The Labute approximate surface area is 116 Å². The van der Waals surface area contributed by atoms with Gasteiger partial charge in [0.15, 0.2) is 5.75 Å². The minimum absolute atomic E-state index is 0.215. The first kappa shape index (κ1) is 13.3. The summed E-state index contributed by atoms with van der Waals surface area (Å²) in [6.45, 7) is 3.92. The maximum absolute atomic E-state index is 8.92. The quantitative estimate of drug-likeness (QED) is 0.856. The normalized spacial score (nSPS) is 10.0. The van der Waals surface area contributed by atoms with Crippen LogP contribution < -0.4 is 4.74 Å². The van der Waals surface area contributed by atoms with Crippen LogP contribution in [0.5, 0.6) is 11.6 Å². The van der Waals surface area contributed by atoms with Crippen molar-refractivity contribution in [3.63, 3.8) is 0 Å². The van der Waals surface area contributed by atoms with Gasteiger partial charge in [0, 0.05) is 11.9 Å². The van der Waals surface area contributed by atoms with Crippen LogP contribution in [-0.4, -0.2) is 9.97 Å². The van der Waals surface area contributed by atoms with Gasteiger partial charge in [-0.2, -0.15) is 5.26 Å². The van der Waals surface area contributed by atoms with E-state index in [0.717, 1.165) is 17.8 Å². The van der Waals surface area contributed by atoms with Gasteiger partial charge in [0.05, 0.1) is 11.3 Å². The van der Waals surface area contributed by atoms with Crippen molar-refractivity contribution in [3.05, 3.63) is 46.4 Å². The predicted molar refractivity (Wildman–Crippen MR) is 72.4 cm³/mol. The highest BCUT2D eigenvalue weighted by atomic mass is 35.5. The Hall–Kier alpha value is -2.12. The molecule has 5 heteroatoms. The molecule has 2 rings (SSSR count). The van der Waals surface area contributed by atoms with E-state index in [-0.39, 0.29) is 10.9 Å². The second kappa shape index (κ2) is 5.68. The molecule has 2 aromatic rings. The number of nitriles is 1. The topological polar surface area (TPSA) is 58.8 Å². The molecule has 0 unspecified atom stereocenters. The molecule has 0 saturated heterocycles. The highest BCUT2D eigenvalue weighted by Gasteiger charge is 2.12. The molecule has 2 heterocycles.